The highest BCUT2D eigenvalue weighted by Gasteiger charge is 2.34. The molecule has 1 amide bonds. The van der Waals surface area contributed by atoms with Gasteiger partial charge in [0.25, 0.3) is 5.91 Å². The van der Waals surface area contributed by atoms with Gasteiger partial charge in [-0.25, -0.2) is 4.98 Å². The number of para-hydroxylation sites is 1. The van der Waals surface area contributed by atoms with Crippen molar-refractivity contribution in [1.82, 2.24) is 9.88 Å². The molecule has 5 nitrogen and oxygen atoms in total. The monoisotopic (exact) mass is 377 g/mol. The summed E-state index contributed by atoms with van der Waals surface area (Å²) in [4.78, 5) is 20.3. The Morgan fingerprint density at radius 3 is 2.44 bits per heavy atom. The van der Waals surface area contributed by atoms with Crippen molar-refractivity contribution in [2.75, 3.05) is 31.1 Å². The highest BCUT2D eigenvalue weighted by atomic mass is 19.4. The third-order valence-corrected chi connectivity index (χ3v) is 4.91. The minimum atomic E-state index is -4.39. The maximum absolute atomic E-state index is 12.7. The van der Waals surface area contributed by atoms with Gasteiger partial charge in [-0.15, -0.1) is 0 Å². The van der Waals surface area contributed by atoms with Crippen LogP contribution in [0.3, 0.4) is 0 Å². The summed E-state index contributed by atoms with van der Waals surface area (Å²) in [7, 11) is 0. The molecule has 1 atom stereocenters. The summed E-state index contributed by atoms with van der Waals surface area (Å²) in [6.07, 6.45) is -3.49. The Morgan fingerprint density at radius 1 is 1.07 bits per heavy atom. The molecule has 0 spiro atoms. The summed E-state index contributed by atoms with van der Waals surface area (Å²) in [5.74, 6) is 1.19. The summed E-state index contributed by atoms with van der Waals surface area (Å²) in [6, 6.07) is 10.0. The molecular formula is C19H18F3N3O2. The van der Waals surface area contributed by atoms with Crippen molar-refractivity contribution < 1.29 is 22.7 Å². The van der Waals surface area contributed by atoms with E-state index >= 15 is 0 Å². The summed E-state index contributed by atoms with van der Waals surface area (Å²) in [6.45, 7) is 2.00. The fourth-order valence-electron chi connectivity index (χ4n) is 3.42. The molecule has 8 heteroatoms. The van der Waals surface area contributed by atoms with Crippen LogP contribution in [0.4, 0.5) is 19.0 Å². The molecule has 2 aliphatic rings. The molecule has 1 saturated heterocycles. The average molecular weight is 377 g/mol. The Labute approximate surface area is 154 Å². The SMILES string of the molecule is O=C(C1Cc2ccccc2O1)N1CCN(c2ccc(C(F)(F)F)cn2)CC1. The predicted octanol–water partition coefficient (Wildman–Crippen LogP) is 2.75. The van der Waals surface area contributed by atoms with Gasteiger partial charge in [0.05, 0.1) is 5.56 Å². The first-order chi connectivity index (χ1) is 12.9. The van der Waals surface area contributed by atoms with Crippen LogP contribution in [0.2, 0.25) is 0 Å². The van der Waals surface area contributed by atoms with Gasteiger partial charge in [0.1, 0.15) is 11.6 Å². The number of benzene rings is 1. The molecule has 2 aliphatic heterocycles. The van der Waals surface area contributed by atoms with E-state index in [0.717, 1.165) is 23.6 Å². The fourth-order valence-corrected chi connectivity index (χ4v) is 3.42. The van der Waals surface area contributed by atoms with Crippen LogP contribution in [0.25, 0.3) is 0 Å². The maximum atomic E-state index is 12.7. The molecule has 1 aromatic carbocycles. The molecule has 0 aliphatic carbocycles. The zero-order chi connectivity index (χ0) is 19.0. The van der Waals surface area contributed by atoms with Gasteiger partial charge >= 0.3 is 6.18 Å². The number of carbonyl (C=O) groups excluding carboxylic acids is 1. The lowest BCUT2D eigenvalue weighted by Crippen LogP contribution is -2.52. The van der Waals surface area contributed by atoms with Crippen LogP contribution in [0, 0.1) is 0 Å². The number of piperazine rings is 1. The number of halogens is 3. The first-order valence-electron chi connectivity index (χ1n) is 8.73. The van der Waals surface area contributed by atoms with E-state index in [1.807, 2.05) is 29.2 Å². The van der Waals surface area contributed by atoms with Crippen molar-refractivity contribution in [3.05, 3.63) is 53.7 Å². The number of ether oxygens (including phenoxy) is 1. The number of pyridine rings is 1. The number of aromatic nitrogens is 1. The molecule has 1 fully saturated rings. The van der Waals surface area contributed by atoms with Crippen molar-refractivity contribution in [2.45, 2.75) is 18.7 Å². The second kappa shape index (κ2) is 6.75. The summed E-state index contributed by atoms with van der Waals surface area (Å²) >= 11 is 0. The quantitative estimate of drug-likeness (QED) is 0.808. The highest BCUT2D eigenvalue weighted by molar-refractivity contribution is 5.83. The lowest BCUT2D eigenvalue weighted by Gasteiger charge is -2.36. The summed E-state index contributed by atoms with van der Waals surface area (Å²) < 4.78 is 43.7. The number of anilines is 1. The molecule has 142 valence electrons. The molecule has 0 bridgehead atoms. The molecule has 1 aromatic heterocycles. The lowest BCUT2D eigenvalue weighted by atomic mass is 10.1. The van der Waals surface area contributed by atoms with Crippen LogP contribution in [0.5, 0.6) is 5.75 Å². The van der Waals surface area contributed by atoms with Gasteiger partial charge in [-0.1, -0.05) is 18.2 Å². The van der Waals surface area contributed by atoms with Crippen molar-refractivity contribution in [3.63, 3.8) is 0 Å². The van der Waals surface area contributed by atoms with Crippen LogP contribution in [0.15, 0.2) is 42.6 Å². The van der Waals surface area contributed by atoms with E-state index in [1.165, 1.54) is 6.07 Å². The minimum Gasteiger partial charge on any atom is -0.480 e. The summed E-state index contributed by atoms with van der Waals surface area (Å²) in [5, 5.41) is 0. The number of carbonyl (C=O) groups is 1. The van der Waals surface area contributed by atoms with Crippen molar-refractivity contribution >= 4 is 11.7 Å². The molecule has 2 aromatic rings. The number of alkyl halides is 3. The molecule has 3 heterocycles. The topological polar surface area (TPSA) is 45.7 Å². The van der Waals surface area contributed by atoms with Crippen LogP contribution >= 0.6 is 0 Å². The normalized spacial score (nSPS) is 19.6. The maximum Gasteiger partial charge on any atom is 0.417 e. The number of amides is 1. The van der Waals surface area contributed by atoms with E-state index in [4.69, 9.17) is 4.74 Å². The summed E-state index contributed by atoms with van der Waals surface area (Å²) in [5.41, 5.74) is 0.265. The molecule has 0 N–H and O–H groups in total. The number of hydrogen-bond donors (Lipinski definition) is 0. The molecule has 4 rings (SSSR count). The Hall–Kier alpha value is -2.77. The molecular weight excluding hydrogens is 359 g/mol. The van der Waals surface area contributed by atoms with E-state index < -0.39 is 17.8 Å². The van der Waals surface area contributed by atoms with Crippen LogP contribution < -0.4 is 9.64 Å². The van der Waals surface area contributed by atoms with Gasteiger partial charge in [0, 0.05) is 38.8 Å². The van der Waals surface area contributed by atoms with E-state index in [9.17, 15) is 18.0 Å². The van der Waals surface area contributed by atoms with Crippen LogP contribution in [-0.4, -0.2) is 48.1 Å². The van der Waals surface area contributed by atoms with Gasteiger partial charge in [-0.2, -0.15) is 13.2 Å². The molecule has 27 heavy (non-hydrogen) atoms. The van der Waals surface area contributed by atoms with Gasteiger partial charge in [-0.3, -0.25) is 4.79 Å². The second-order valence-electron chi connectivity index (χ2n) is 6.63. The van der Waals surface area contributed by atoms with E-state index in [1.54, 1.807) is 4.90 Å². The zero-order valence-corrected chi connectivity index (χ0v) is 14.4. The Bertz CT molecular complexity index is 806. The standard InChI is InChI=1S/C19H18F3N3O2/c20-19(21,22)14-5-6-17(23-12-14)24-7-9-25(10-8-24)18(26)16-11-13-3-1-2-4-15(13)27-16/h1-6,12,16H,7-11H2. The van der Waals surface area contributed by atoms with E-state index in [0.29, 0.717) is 38.4 Å². The zero-order valence-electron chi connectivity index (χ0n) is 14.4. The second-order valence-corrected chi connectivity index (χ2v) is 6.63. The van der Waals surface area contributed by atoms with Crippen LogP contribution in [-0.2, 0) is 17.4 Å². The first kappa shape index (κ1) is 17.6. The molecule has 0 radical (unpaired) electrons. The number of hydrogen-bond acceptors (Lipinski definition) is 4. The van der Waals surface area contributed by atoms with Crippen molar-refractivity contribution in [2.24, 2.45) is 0 Å². The van der Waals surface area contributed by atoms with E-state index in [-0.39, 0.29) is 5.91 Å². The Morgan fingerprint density at radius 2 is 1.81 bits per heavy atom. The Kier molecular flexibility index (Phi) is 4.41. The predicted molar refractivity (Wildman–Crippen MR) is 92.6 cm³/mol. The lowest BCUT2D eigenvalue weighted by molar-refractivity contribution is -0.138. The van der Waals surface area contributed by atoms with Crippen molar-refractivity contribution in [1.29, 1.82) is 0 Å². The first-order valence-corrected chi connectivity index (χ1v) is 8.73. The third-order valence-electron chi connectivity index (χ3n) is 4.91. The largest absolute Gasteiger partial charge is 0.480 e. The highest BCUT2D eigenvalue weighted by Crippen LogP contribution is 2.30. The van der Waals surface area contributed by atoms with Gasteiger partial charge in [0.2, 0.25) is 0 Å². The Balaban J connectivity index is 1.35. The number of fused-ring (bicyclic) bond motifs is 1. The molecule has 1 unspecified atom stereocenters. The average Bonchev–Trinajstić information content (AvgIpc) is 3.11. The van der Waals surface area contributed by atoms with Gasteiger partial charge < -0.3 is 14.5 Å². The fraction of sp³-hybridized carbons (Fsp3) is 0.368. The van der Waals surface area contributed by atoms with Gasteiger partial charge in [-0.05, 0) is 23.8 Å². The minimum absolute atomic E-state index is 0.0498. The smallest absolute Gasteiger partial charge is 0.417 e. The van der Waals surface area contributed by atoms with Crippen LogP contribution in [0.1, 0.15) is 11.1 Å². The molecule has 0 saturated carbocycles. The van der Waals surface area contributed by atoms with Crippen molar-refractivity contribution in [3.8, 4) is 5.75 Å². The van der Waals surface area contributed by atoms with E-state index in [2.05, 4.69) is 4.98 Å². The number of nitrogens with zero attached hydrogens (tertiary/aromatic N) is 3. The number of rotatable bonds is 2. The van der Waals surface area contributed by atoms with Gasteiger partial charge in [0.15, 0.2) is 6.10 Å². The third kappa shape index (κ3) is 3.56.